The van der Waals surface area contributed by atoms with Gasteiger partial charge in [0, 0.05) is 32.8 Å². The molecule has 124 valence electrons. The summed E-state index contributed by atoms with van der Waals surface area (Å²) in [6, 6.07) is 8.15. The van der Waals surface area contributed by atoms with Gasteiger partial charge in [-0.15, -0.1) is 11.3 Å². The third kappa shape index (κ3) is 3.67. The van der Waals surface area contributed by atoms with Gasteiger partial charge < -0.3 is 5.32 Å². The van der Waals surface area contributed by atoms with Crippen molar-refractivity contribution in [1.29, 1.82) is 0 Å². The van der Waals surface area contributed by atoms with E-state index in [1.807, 2.05) is 50.5 Å². The van der Waals surface area contributed by atoms with Crippen molar-refractivity contribution in [3.63, 3.8) is 0 Å². The smallest absolute Gasteiger partial charge is 0.230 e. The highest BCUT2D eigenvalue weighted by Crippen LogP contribution is 2.25. The molecule has 0 saturated carbocycles. The molecule has 2 aromatic heterocycles. The maximum Gasteiger partial charge on any atom is 0.230 e. The fraction of sp³-hybridized carbons (Fsp3) is 0.235. The van der Waals surface area contributed by atoms with Gasteiger partial charge in [0.05, 0.1) is 17.8 Å². The number of carbonyl (C=O) groups excluding carboxylic acids is 1. The Morgan fingerprint density at radius 1 is 1.29 bits per heavy atom. The molecule has 0 aliphatic heterocycles. The highest BCUT2D eigenvalue weighted by Gasteiger charge is 2.15. The van der Waals surface area contributed by atoms with Crippen molar-refractivity contribution >= 4 is 45.0 Å². The summed E-state index contributed by atoms with van der Waals surface area (Å²) >= 11 is 3.71. The average molecular weight is 452 g/mol. The minimum atomic E-state index is -0.0716. The van der Waals surface area contributed by atoms with Crippen LogP contribution in [0.1, 0.15) is 17.0 Å². The summed E-state index contributed by atoms with van der Waals surface area (Å²) in [6.45, 7) is 3.90. The molecule has 1 aromatic carbocycles. The Morgan fingerprint density at radius 3 is 2.62 bits per heavy atom. The van der Waals surface area contributed by atoms with E-state index in [2.05, 4.69) is 38.0 Å². The number of amides is 1. The Kier molecular flexibility index (Phi) is 5.00. The van der Waals surface area contributed by atoms with Crippen molar-refractivity contribution in [3.05, 3.63) is 50.2 Å². The van der Waals surface area contributed by atoms with Crippen molar-refractivity contribution in [3.8, 4) is 11.3 Å². The van der Waals surface area contributed by atoms with Gasteiger partial charge in [0.2, 0.25) is 5.91 Å². The average Bonchev–Trinajstić information content (AvgIpc) is 3.09. The third-order valence-corrected chi connectivity index (χ3v) is 5.36. The van der Waals surface area contributed by atoms with Crippen LogP contribution in [-0.2, 0) is 18.3 Å². The molecule has 0 radical (unpaired) electrons. The number of carbonyl (C=O) groups is 1. The first-order chi connectivity index (χ1) is 11.4. The molecule has 24 heavy (non-hydrogen) atoms. The molecule has 0 atom stereocenters. The van der Waals surface area contributed by atoms with E-state index < -0.39 is 0 Å². The molecule has 0 fully saturated rings. The first kappa shape index (κ1) is 17.1. The van der Waals surface area contributed by atoms with Gasteiger partial charge >= 0.3 is 0 Å². The fourth-order valence-corrected chi connectivity index (χ4v) is 3.58. The number of hydrogen-bond acceptors (Lipinski definition) is 4. The normalized spacial score (nSPS) is 10.8. The number of rotatable bonds is 4. The standard InChI is InChI=1S/C17H17IN4OS/c1-10-14(11(2)22(3)21-10)8-16(23)20-17-19-15(9-24-17)12-4-6-13(18)7-5-12/h4-7,9H,8H2,1-3H3,(H,19,20,23). The first-order valence-electron chi connectivity index (χ1n) is 7.44. The Hall–Kier alpha value is -1.74. The summed E-state index contributed by atoms with van der Waals surface area (Å²) in [5, 5.41) is 9.81. The van der Waals surface area contributed by atoms with Gasteiger partial charge in [-0.1, -0.05) is 12.1 Å². The minimum Gasteiger partial charge on any atom is -0.302 e. The highest BCUT2D eigenvalue weighted by atomic mass is 127. The van der Waals surface area contributed by atoms with Gasteiger partial charge in [-0.2, -0.15) is 5.10 Å². The van der Waals surface area contributed by atoms with Crippen molar-refractivity contribution in [2.45, 2.75) is 20.3 Å². The van der Waals surface area contributed by atoms with Gasteiger partial charge in [-0.05, 0) is 48.6 Å². The SMILES string of the molecule is Cc1nn(C)c(C)c1CC(=O)Nc1nc(-c2ccc(I)cc2)cs1. The topological polar surface area (TPSA) is 59.8 Å². The molecule has 3 rings (SSSR count). The van der Waals surface area contributed by atoms with Crippen molar-refractivity contribution in [2.24, 2.45) is 7.05 Å². The number of aryl methyl sites for hydroxylation is 2. The zero-order valence-corrected chi connectivity index (χ0v) is 16.6. The molecule has 0 aliphatic rings. The molecular formula is C17H17IN4OS. The molecule has 2 heterocycles. The molecule has 3 aromatic rings. The zero-order chi connectivity index (χ0) is 17.3. The first-order valence-corrected chi connectivity index (χ1v) is 9.40. The van der Waals surface area contributed by atoms with E-state index in [4.69, 9.17) is 0 Å². The highest BCUT2D eigenvalue weighted by molar-refractivity contribution is 14.1. The third-order valence-electron chi connectivity index (χ3n) is 3.89. The summed E-state index contributed by atoms with van der Waals surface area (Å²) in [5.41, 5.74) is 4.81. The van der Waals surface area contributed by atoms with Crippen molar-refractivity contribution in [2.75, 3.05) is 5.32 Å². The van der Waals surface area contributed by atoms with Crippen LogP contribution in [0.4, 0.5) is 5.13 Å². The van der Waals surface area contributed by atoms with Gasteiger partial charge in [-0.25, -0.2) is 4.98 Å². The maximum atomic E-state index is 12.3. The summed E-state index contributed by atoms with van der Waals surface area (Å²) in [7, 11) is 1.89. The van der Waals surface area contributed by atoms with Crippen LogP contribution in [0.5, 0.6) is 0 Å². The van der Waals surface area contributed by atoms with E-state index in [9.17, 15) is 4.79 Å². The Bertz CT molecular complexity index is 883. The second-order valence-corrected chi connectivity index (χ2v) is 7.65. The number of anilines is 1. The predicted molar refractivity (Wildman–Crippen MR) is 105 cm³/mol. The number of aromatic nitrogens is 3. The van der Waals surface area contributed by atoms with Crippen LogP contribution in [0.3, 0.4) is 0 Å². The molecular weight excluding hydrogens is 435 g/mol. The molecule has 0 bridgehead atoms. The number of halogens is 1. The number of hydrogen-bond donors (Lipinski definition) is 1. The quantitative estimate of drug-likeness (QED) is 0.610. The summed E-state index contributed by atoms with van der Waals surface area (Å²) < 4.78 is 2.98. The minimum absolute atomic E-state index is 0.0716. The van der Waals surface area contributed by atoms with Crippen LogP contribution in [0.25, 0.3) is 11.3 Å². The maximum absolute atomic E-state index is 12.3. The van der Waals surface area contributed by atoms with Gasteiger partial charge in [0.15, 0.2) is 5.13 Å². The second-order valence-electron chi connectivity index (χ2n) is 5.54. The molecule has 1 amide bonds. The Labute approximate surface area is 158 Å². The zero-order valence-electron chi connectivity index (χ0n) is 13.6. The van der Waals surface area contributed by atoms with Crippen molar-refractivity contribution < 1.29 is 4.79 Å². The number of thiazole rings is 1. The van der Waals surface area contributed by atoms with Crippen LogP contribution in [0, 0.1) is 17.4 Å². The molecule has 7 heteroatoms. The molecule has 0 unspecified atom stereocenters. The van der Waals surface area contributed by atoms with E-state index in [0.717, 1.165) is 28.2 Å². The lowest BCUT2D eigenvalue weighted by Gasteiger charge is -2.03. The number of benzene rings is 1. The number of nitrogens with zero attached hydrogens (tertiary/aromatic N) is 3. The van der Waals surface area contributed by atoms with E-state index in [1.165, 1.54) is 14.9 Å². The lowest BCUT2D eigenvalue weighted by molar-refractivity contribution is -0.115. The molecule has 1 N–H and O–H groups in total. The van der Waals surface area contributed by atoms with Crippen LogP contribution in [-0.4, -0.2) is 20.7 Å². The summed E-state index contributed by atoms with van der Waals surface area (Å²) in [6.07, 6.45) is 0.309. The molecule has 0 aliphatic carbocycles. The largest absolute Gasteiger partial charge is 0.302 e. The molecule has 5 nitrogen and oxygen atoms in total. The Balaban J connectivity index is 1.70. The van der Waals surface area contributed by atoms with Gasteiger partial charge in [-0.3, -0.25) is 9.48 Å². The van der Waals surface area contributed by atoms with Gasteiger partial charge in [0.25, 0.3) is 0 Å². The van der Waals surface area contributed by atoms with Crippen LogP contribution < -0.4 is 5.32 Å². The van der Waals surface area contributed by atoms with Crippen LogP contribution in [0.15, 0.2) is 29.6 Å². The van der Waals surface area contributed by atoms with Crippen LogP contribution >= 0.6 is 33.9 Å². The summed E-state index contributed by atoms with van der Waals surface area (Å²) in [5.74, 6) is -0.0716. The predicted octanol–water partition coefficient (Wildman–Crippen LogP) is 3.95. The van der Waals surface area contributed by atoms with Crippen LogP contribution in [0.2, 0.25) is 0 Å². The van der Waals surface area contributed by atoms with E-state index in [-0.39, 0.29) is 5.91 Å². The monoisotopic (exact) mass is 452 g/mol. The lowest BCUT2D eigenvalue weighted by Crippen LogP contribution is -2.15. The van der Waals surface area contributed by atoms with Gasteiger partial charge in [0.1, 0.15) is 0 Å². The van der Waals surface area contributed by atoms with E-state index in [1.54, 1.807) is 4.68 Å². The molecule has 0 saturated heterocycles. The van der Waals surface area contributed by atoms with Crippen molar-refractivity contribution in [1.82, 2.24) is 14.8 Å². The fourth-order valence-electron chi connectivity index (χ4n) is 2.48. The second kappa shape index (κ2) is 7.02. The number of nitrogens with one attached hydrogen (secondary N) is 1. The summed E-state index contributed by atoms with van der Waals surface area (Å²) in [4.78, 5) is 16.8. The molecule has 0 spiro atoms. The van der Waals surface area contributed by atoms with E-state index >= 15 is 0 Å². The van der Waals surface area contributed by atoms with E-state index in [0.29, 0.717) is 11.6 Å². The Morgan fingerprint density at radius 2 is 2.00 bits per heavy atom. The lowest BCUT2D eigenvalue weighted by atomic mass is 10.1.